The SMILES string of the molecule is CC1=NOC2C=C(C(C)(C)C)C=CC12. The third-order valence-corrected chi connectivity index (χ3v) is 2.85. The Kier molecular flexibility index (Phi) is 2.02. The van der Waals surface area contributed by atoms with Gasteiger partial charge < -0.3 is 4.84 Å². The zero-order valence-electron chi connectivity index (χ0n) is 9.24. The molecule has 0 spiro atoms. The summed E-state index contributed by atoms with van der Waals surface area (Å²) in [6, 6.07) is 0. The lowest BCUT2D eigenvalue weighted by molar-refractivity contribution is 0.104. The lowest BCUT2D eigenvalue weighted by atomic mass is 9.80. The van der Waals surface area contributed by atoms with Gasteiger partial charge in [0.25, 0.3) is 0 Å². The molecule has 1 aliphatic heterocycles. The highest BCUT2D eigenvalue weighted by atomic mass is 16.6. The first-order chi connectivity index (χ1) is 6.48. The van der Waals surface area contributed by atoms with Crippen LogP contribution in [0.15, 0.2) is 29.0 Å². The second-order valence-corrected chi connectivity index (χ2v) is 5.06. The molecule has 2 atom stereocenters. The van der Waals surface area contributed by atoms with Crippen LogP contribution in [0.3, 0.4) is 0 Å². The molecule has 2 nitrogen and oxygen atoms in total. The first kappa shape index (κ1) is 9.50. The quantitative estimate of drug-likeness (QED) is 0.577. The molecule has 0 aromatic carbocycles. The van der Waals surface area contributed by atoms with Gasteiger partial charge in [-0.05, 0) is 24.0 Å². The van der Waals surface area contributed by atoms with E-state index in [2.05, 4.69) is 44.2 Å². The number of allylic oxidation sites excluding steroid dienone is 2. The van der Waals surface area contributed by atoms with Crippen LogP contribution < -0.4 is 0 Å². The van der Waals surface area contributed by atoms with Crippen molar-refractivity contribution in [2.45, 2.75) is 33.8 Å². The highest BCUT2D eigenvalue weighted by Crippen LogP contribution is 2.34. The van der Waals surface area contributed by atoms with Crippen LogP contribution in [-0.4, -0.2) is 11.8 Å². The molecule has 0 aromatic heterocycles. The van der Waals surface area contributed by atoms with E-state index in [0.29, 0.717) is 5.92 Å². The third kappa shape index (κ3) is 1.49. The van der Waals surface area contributed by atoms with Gasteiger partial charge in [0.15, 0.2) is 6.10 Å². The standard InChI is InChI=1S/C12H17NO/c1-8-10-6-5-9(12(2,3)4)7-11(10)14-13-8/h5-7,10-11H,1-4H3. The van der Waals surface area contributed by atoms with Gasteiger partial charge in [-0.3, -0.25) is 0 Å². The summed E-state index contributed by atoms with van der Waals surface area (Å²) in [5.74, 6) is 0.362. The number of nitrogens with zero attached hydrogens (tertiary/aromatic N) is 1. The van der Waals surface area contributed by atoms with E-state index >= 15 is 0 Å². The van der Waals surface area contributed by atoms with E-state index in [9.17, 15) is 0 Å². The van der Waals surface area contributed by atoms with Crippen molar-refractivity contribution in [1.82, 2.24) is 0 Å². The molecule has 2 unspecified atom stereocenters. The molecule has 0 amide bonds. The van der Waals surface area contributed by atoms with E-state index in [4.69, 9.17) is 4.84 Å². The summed E-state index contributed by atoms with van der Waals surface area (Å²) in [6.45, 7) is 8.66. The highest BCUT2D eigenvalue weighted by molar-refractivity contribution is 5.87. The number of fused-ring (bicyclic) bond motifs is 1. The zero-order valence-corrected chi connectivity index (χ0v) is 9.24. The van der Waals surface area contributed by atoms with Crippen LogP contribution in [-0.2, 0) is 4.84 Å². The number of rotatable bonds is 0. The molecule has 0 fully saturated rings. The number of hydrogen-bond donors (Lipinski definition) is 0. The van der Waals surface area contributed by atoms with Gasteiger partial charge in [0.2, 0.25) is 0 Å². The van der Waals surface area contributed by atoms with Crippen molar-refractivity contribution in [3.05, 3.63) is 23.8 Å². The Morgan fingerprint density at radius 3 is 2.71 bits per heavy atom. The Morgan fingerprint density at radius 2 is 2.07 bits per heavy atom. The molecule has 76 valence electrons. The summed E-state index contributed by atoms with van der Waals surface area (Å²) < 4.78 is 0. The molecular weight excluding hydrogens is 174 g/mol. The van der Waals surface area contributed by atoms with Crippen LogP contribution in [0.4, 0.5) is 0 Å². The van der Waals surface area contributed by atoms with Crippen molar-refractivity contribution >= 4 is 5.71 Å². The van der Waals surface area contributed by atoms with Crippen LogP contribution >= 0.6 is 0 Å². The van der Waals surface area contributed by atoms with Crippen molar-refractivity contribution in [2.75, 3.05) is 0 Å². The van der Waals surface area contributed by atoms with E-state index < -0.39 is 0 Å². The Morgan fingerprint density at radius 1 is 1.36 bits per heavy atom. The number of oxime groups is 1. The summed E-state index contributed by atoms with van der Waals surface area (Å²) in [5.41, 5.74) is 2.61. The monoisotopic (exact) mass is 191 g/mol. The predicted molar refractivity (Wildman–Crippen MR) is 58.2 cm³/mol. The molecule has 2 rings (SSSR count). The van der Waals surface area contributed by atoms with Crippen LogP contribution in [0, 0.1) is 11.3 Å². The Bertz CT molecular complexity index is 331. The maximum Gasteiger partial charge on any atom is 0.157 e. The summed E-state index contributed by atoms with van der Waals surface area (Å²) in [6.07, 6.45) is 6.74. The zero-order chi connectivity index (χ0) is 10.3. The largest absolute Gasteiger partial charge is 0.387 e. The molecule has 0 saturated carbocycles. The fraction of sp³-hybridized carbons (Fsp3) is 0.583. The summed E-state index contributed by atoms with van der Waals surface area (Å²) in [7, 11) is 0. The fourth-order valence-electron chi connectivity index (χ4n) is 1.83. The van der Waals surface area contributed by atoms with Gasteiger partial charge in [-0.15, -0.1) is 0 Å². The molecule has 14 heavy (non-hydrogen) atoms. The first-order valence-electron chi connectivity index (χ1n) is 5.09. The maximum atomic E-state index is 5.35. The molecule has 1 aliphatic carbocycles. The van der Waals surface area contributed by atoms with Gasteiger partial charge in [-0.2, -0.15) is 0 Å². The van der Waals surface area contributed by atoms with Gasteiger partial charge >= 0.3 is 0 Å². The van der Waals surface area contributed by atoms with E-state index in [1.807, 2.05) is 6.92 Å². The normalized spacial score (nSPS) is 30.6. The van der Waals surface area contributed by atoms with Crippen molar-refractivity contribution in [1.29, 1.82) is 0 Å². The predicted octanol–water partition coefficient (Wildman–Crippen LogP) is 2.92. The van der Waals surface area contributed by atoms with E-state index in [1.165, 1.54) is 5.57 Å². The van der Waals surface area contributed by atoms with Gasteiger partial charge in [0.05, 0.1) is 11.6 Å². The van der Waals surface area contributed by atoms with Crippen molar-refractivity contribution in [2.24, 2.45) is 16.5 Å². The van der Waals surface area contributed by atoms with Gasteiger partial charge in [-0.25, -0.2) is 0 Å². The molecule has 1 heterocycles. The molecule has 0 saturated heterocycles. The minimum Gasteiger partial charge on any atom is -0.387 e. The van der Waals surface area contributed by atoms with E-state index in [-0.39, 0.29) is 11.5 Å². The molecule has 0 N–H and O–H groups in total. The lowest BCUT2D eigenvalue weighted by Crippen LogP contribution is -2.23. The summed E-state index contributed by atoms with van der Waals surface area (Å²) in [5, 5.41) is 4.02. The van der Waals surface area contributed by atoms with Crippen LogP contribution in [0.2, 0.25) is 0 Å². The molecular formula is C12H17NO. The Balaban J connectivity index is 2.23. The fourth-order valence-corrected chi connectivity index (χ4v) is 1.83. The first-order valence-corrected chi connectivity index (χ1v) is 5.09. The van der Waals surface area contributed by atoms with Crippen molar-refractivity contribution in [3.8, 4) is 0 Å². The molecule has 0 radical (unpaired) electrons. The topological polar surface area (TPSA) is 21.6 Å². The maximum absolute atomic E-state index is 5.35. The molecule has 2 heteroatoms. The van der Waals surface area contributed by atoms with Crippen LogP contribution in [0.1, 0.15) is 27.7 Å². The van der Waals surface area contributed by atoms with Crippen molar-refractivity contribution < 1.29 is 4.84 Å². The van der Waals surface area contributed by atoms with Gasteiger partial charge in [-0.1, -0.05) is 38.1 Å². The Labute approximate surface area is 85.3 Å². The molecule has 0 bridgehead atoms. The van der Waals surface area contributed by atoms with Gasteiger partial charge in [0, 0.05) is 0 Å². The Hall–Kier alpha value is -1.05. The average Bonchev–Trinajstić information content (AvgIpc) is 2.46. The number of hydrogen-bond acceptors (Lipinski definition) is 2. The molecule has 0 aromatic rings. The van der Waals surface area contributed by atoms with Crippen molar-refractivity contribution in [3.63, 3.8) is 0 Å². The minimum atomic E-state index is 0.134. The lowest BCUT2D eigenvalue weighted by Gasteiger charge is -2.26. The third-order valence-electron chi connectivity index (χ3n) is 2.85. The second-order valence-electron chi connectivity index (χ2n) is 5.06. The average molecular weight is 191 g/mol. The van der Waals surface area contributed by atoms with Crippen LogP contribution in [0.5, 0.6) is 0 Å². The minimum absolute atomic E-state index is 0.134. The summed E-state index contributed by atoms with van der Waals surface area (Å²) in [4.78, 5) is 5.35. The van der Waals surface area contributed by atoms with E-state index in [1.54, 1.807) is 0 Å². The smallest absolute Gasteiger partial charge is 0.157 e. The highest BCUT2D eigenvalue weighted by Gasteiger charge is 2.32. The summed E-state index contributed by atoms with van der Waals surface area (Å²) >= 11 is 0. The van der Waals surface area contributed by atoms with Gasteiger partial charge in [0.1, 0.15) is 0 Å². The van der Waals surface area contributed by atoms with Crippen LogP contribution in [0.25, 0.3) is 0 Å². The second kappa shape index (κ2) is 2.97. The van der Waals surface area contributed by atoms with E-state index in [0.717, 1.165) is 5.71 Å². The molecule has 2 aliphatic rings.